The van der Waals surface area contributed by atoms with Crippen molar-refractivity contribution in [2.24, 2.45) is 5.10 Å². The highest BCUT2D eigenvalue weighted by molar-refractivity contribution is 9.11. The Bertz CT molecular complexity index is 1760. The predicted molar refractivity (Wildman–Crippen MR) is 176 cm³/mol. The van der Waals surface area contributed by atoms with Gasteiger partial charge in [-0.25, -0.2) is 5.43 Å². The van der Waals surface area contributed by atoms with Crippen LogP contribution >= 0.6 is 55.1 Å². The van der Waals surface area contributed by atoms with Gasteiger partial charge in [-0.05, 0) is 92.2 Å². The van der Waals surface area contributed by atoms with Crippen LogP contribution in [0.25, 0.3) is 5.69 Å². The fraction of sp³-hybridized carbons (Fsp3) is 0.125. The highest BCUT2D eigenvalue weighted by Crippen LogP contribution is 2.35. The number of carbonyl (C=O) groups is 1. The van der Waals surface area contributed by atoms with Crippen molar-refractivity contribution >= 4 is 67.2 Å². The van der Waals surface area contributed by atoms with Crippen LogP contribution in [0.15, 0.2) is 97.3 Å². The summed E-state index contributed by atoms with van der Waals surface area (Å²) in [6.45, 7) is 4.57. The predicted octanol–water partition coefficient (Wildman–Crippen LogP) is 9.44. The molecule has 1 amide bonds. The lowest BCUT2D eigenvalue weighted by Crippen LogP contribution is -2.16. The van der Waals surface area contributed by atoms with E-state index in [1.807, 2.05) is 42.5 Å². The van der Waals surface area contributed by atoms with Crippen molar-refractivity contribution in [1.82, 2.24) is 9.99 Å². The van der Waals surface area contributed by atoms with E-state index in [1.54, 1.807) is 24.3 Å². The number of halogens is 4. The van der Waals surface area contributed by atoms with E-state index in [0.717, 1.165) is 31.6 Å². The van der Waals surface area contributed by atoms with Crippen LogP contribution in [-0.2, 0) is 13.2 Å². The minimum absolute atomic E-state index is 0.101. The zero-order chi connectivity index (χ0) is 30.5. The minimum Gasteiger partial charge on any atom is -0.486 e. The van der Waals surface area contributed by atoms with Crippen LogP contribution in [0.4, 0.5) is 0 Å². The van der Waals surface area contributed by atoms with Crippen LogP contribution in [0, 0.1) is 13.8 Å². The number of furan rings is 1. The summed E-state index contributed by atoms with van der Waals surface area (Å²) >= 11 is 19.8. The van der Waals surface area contributed by atoms with Gasteiger partial charge in [0.1, 0.15) is 24.7 Å². The molecule has 0 aliphatic heterocycles. The van der Waals surface area contributed by atoms with Crippen molar-refractivity contribution < 1.29 is 18.7 Å². The number of carbonyl (C=O) groups excluding carboxylic acids is 1. The largest absolute Gasteiger partial charge is 0.486 e. The number of aromatic nitrogens is 1. The van der Waals surface area contributed by atoms with E-state index in [0.29, 0.717) is 32.9 Å². The first-order chi connectivity index (χ1) is 20.7. The minimum atomic E-state index is -0.512. The smallest absolute Gasteiger partial charge is 0.307 e. The van der Waals surface area contributed by atoms with Crippen molar-refractivity contribution in [3.05, 3.63) is 132 Å². The molecule has 0 spiro atoms. The molecule has 0 aliphatic carbocycles. The number of aryl methyl sites for hydroxylation is 2. The fourth-order valence-corrected chi connectivity index (χ4v) is 6.07. The third kappa shape index (κ3) is 7.72. The van der Waals surface area contributed by atoms with Gasteiger partial charge in [-0.1, -0.05) is 61.1 Å². The normalized spacial score (nSPS) is 11.2. The molecule has 0 bridgehead atoms. The van der Waals surface area contributed by atoms with Gasteiger partial charge in [-0.2, -0.15) is 5.10 Å². The number of rotatable bonds is 10. The third-order valence-corrected chi connectivity index (χ3v) is 8.21. The fourth-order valence-electron chi connectivity index (χ4n) is 4.30. The standard InChI is InChI=1S/C32H25Br2Cl2N3O4/c1-19-3-4-20(2)39(19)24-7-9-25(10-8-24)41-18-26-11-12-30(43-26)32(40)38-37-16-21-13-28(35)31(29(36)14-21)42-17-22-5-6-23(33)15-27(22)34/h3-16H,17-18H2,1-2H3,(H,38,40)/b37-16+. The molecule has 0 aliphatic rings. The Morgan fingerprint density at radius 1 is 0.907 bits per heavy atom. The van der Waals surface area contributed by atoms with E-state index in [4.69, 9.17) is 37.1 Å². The van der Waals surface area contributed by atoms with Gasteiger partial charge < -0.3 is 18.5 Å². The molecule has 0 fully saturated rings. The third-order valence-electron chi connectivity index (χ3n) is 6.42. The SMILES string of the molecule is Cc1ccc(C)n1-c1ccc(OCc2ccc(C(=O)N/N=C/c3cc(Cl)c(OCc4ccc(Br)cc4Br)c(Cl)c3)o2)cc1. The summed E-state index contributed by atoms with van der Waals surface area (Å²) in [6, 6.07) is 24.3. The molecule has 5 rings (SSSR count). The van der Waals surface area contributed by atoms with Crippen molar-refractivity contribution in [3.8, 4) is 17.2 Å². The number of benzene rings is 3. The molecule has 0 radical (unpaired) electrons. The lowest BCUT2D eigenvalue weighted by molar-refractivity contribution is 0.0923. The van der Waals surface area contributed by atoms with Crippen molar-refractivity contribution in [3.63, 3.8) is 0 Å². The van der Waals surface area contributed by atoms with Gasteiger partial charge in [-0.15, -0.1) is 0 Å². The summed E-state index contributed by atoms with van der Waals surface area (Å²) in [4.78, 5) is 12.5. The van der Waals surface area contributed by atoms with Crippen molar-refractivity contribution in [2.45, 2.75) is 27.1 Å². The number of nitrogens with one attached hydrogen (secondary N) is 1. The number of amides is 1. The zero-order valence-electron chi connectivity index (χ0n) is 23.0. The molecule has 1 N–H and O–H groups in total. The van der Waals surface area contributed by atoms with Gasteiger partial charge in [-0.3, -0.25) is 4.79 Å². The Morgan fingerprint density at radius 2 is 1.60 bits per heavy atom. The number of hydrogen-bond acceptors (Lipinski definition) is 5. The van der Waals surface area contributed by atoms with Gasteiger partial charge in [0.05, 0.1) is 16.3 Å². The van der Waals surface area contributed by atoms with Crippen LogP contribution in [0.3, 0.4) is 0 Å². The Labute approximate surface area is 275 Å². The molecule has 43 heavy (non-hydrogen) atoms. The number of ether oxygens (including phenoxy) is 2. The monoisotopic (exact) mass is 743 g/mol. The zero-order valence-corrected chi connectivity index (χ0v) is 27.7. The quantitative estimate of drug-likeness (QED) is 0.114. The molecule has 0 saturated heterocycles. The molecule has 11 heteroatoms. The van der Waals surface area contributed by atoms with Crippen LogP contribution in [0.5, 0.6) is 11.5 Å². The van der Waals surface area contributed by atoms with Crippen molar-refractivity contribution in [1.29, 1.82) is 0 Å². The molecule has 2 heterocycles. The van der Waals surface area contributed by atoms with Crippen LogP contribution in [-0.4, -0.2) is 16.7 Å². The van der Waals surface area contributed by atoms with E-state index >= 15 is 0 Å². The number of nitrogens with zero attached hydrogens (tertiary/aromatic N) is 2. The van der Waals surface area contributed by atoms with E-state index in [-0.39, 0.29) is 19.0 Å². The van der Waals surface area contributed by atoms with Gasteiger partial charge in [0.25, 0.3) is 0 Å². The lowest BCUT2D eigenvalue weighted by atomic mass is 10.2. The highest BCUT2D eigenvalue weighted by atomic mass is 79.9. The molecular formula is C32H25Br2Cl2N3O4. The summed E-state index contributed by atoms with van der Waals surface area (Å²) in [5, 5.41) is 4.63. The Kier molecular flexibility index (Phi) is 9.97. The second kappa shape index (κ2) is 13.9. The first-order valence-corrected chi connectivity index (χ1v) is 15.4. The topological polar surface area (TPSA) is 78.0 Å². The molecular weight excluding hydrogens is 721 g/mol. The lowest BCUT2D eigenvalue weighted by Gasteiger charge is -2.12. The van der Waals surface area contributed by atoms with E-state index in [1.165, 1.54) is 6.21 Å². The number of hydrogen-bond donors (Lipinski definition) is 1. The summed E-state index contributed by atoms with van der Waals surface area (Å²) in [5.74, 6) is 1.13. The van der Waals surface area contributed by atoms with E-state index in [9.17, 15) is 4.79 Å². The molecule has 0 unspecified atom stereocenters. The molecule has 7 nitrogen and oxygen atoms in total. The maximum Gasteiger partial charge on any atom is 0.307 e. The first-order valence-electron chi connectivity index (χ1n) is 13.0. The molecule has 5 aromatic rings. The maximum absolute atomic E-state index is 12.5. The average molecular weight is 746 g/mol. The number of hydrazone groups is 1. The van der Waals surface area contributed by atoms with Gasteiger partial charge in [0.15, 0.2) is 11.5 Å². The van der Waals surface area contributed by atoms with Crippen LogP contribution < -0.4 is 14.9 Å². The molecule has 2 aromatic heterocycles. The summed E-state index contributed by atoms with van der Waals surface area (Å²) in [6.07, 6.45) is 1.43. The average Bonchev–Trinajstić information content (AvgIpc) is 3.59. The summed E-state index contributed by atoms with van der Waals surface area (Å²) in [5.41, 5.74) is 7.33. The van der Waals surface area contributed by atoms with E-state index in [2.05, 4.69) is 72.9 Å². The Balaban J connectivity index is 1.13. The van der Waals surface area contributed by atoms with Gasteiger partial charge in [0, 0.05) is 31.6 Å². The molecule has 0 atom stereocenters. The maximum atomic E-state index is 12.5. The Hall–Kier alpha value is -3.50. The van der Waals surface area contributed by atoms with Gasteiger partial charge >= 0.3 is 5.91 Å². The second-order valence-electron chi connectivity index (χ2n) is 9.54. The summed E-state index contributed by atoms with van der Waals surface area (Å²) < 4.78 is 21.4. The second-order valence-corrected chi connectivity index (χ2v) is 12.1. The summed E-state index contributed by atoms with van der Waals surface area (Å²) in [7, 11) is 0. The van der Waals surface area contributed by atoms with Crippen LogP contribution in [0.1, 0.15) is 38.8 Å². The first kappa shape index (κ1) is 30.9. The molecule has 3 aromatic carbocycles. The Morgan fingerprint density at radius 3 is 2.28 bits per heavy atom. The molecule has 220 valence electrons. The molecule has 0 saturated carbocycles. The van der Waals surface area contributed by atoms with Gasteiger partial charge in [0.2, 0.25) is 0 Å². The van der Waals surface area contributed by atoms with E-state index < -0.39 is 5.91 Å². The van der Waals surface area contributed by atoms with Crippen molar-refractivity contribution in [2.75, 3.05) is 0 Å². The van der Waals surface area contributed by atoms with Crippen LogP contribution in [0.2, 0.25) is 10.0 Å². The highest BCUT2D eigenvalue weighted by Gasteiger charge is 2.13.